The van der Waals surface area contributed by atoms with E-state index in [-0.39, 0.29) is 0 Å². The highest BCUT2D eigenvalue weighted by molar-refractivity contribution is 5.79. The normalized spacial score (nSPS) is 32.3. The minimum absolute atomic E-state index is 0.329. The van der Waals surface area contributed by atoms with Gasteiger partial charge in [-0.2, -0.15) is 0 Å². The highest BCUT2D eigenvalue weighted by Gasteiger charge is 2.38. The Morgan fingerprint density at radius 3 is 2.09 bits per heavy atom. The van der Waals surface area contributed by atoms with Gasteiger partial charge >= 0.3 is 0 Å². The number of rotatable bonds is 3. The molecule has 0 atom stereocenters. The number of carbonyl (C=O) groups is 1. The molecule has 0 aromatic heterocycles. The van der Waals surface area contributed by atoms with E-state index in [2.05, 4.69) is 35.5 Å². The van der Waals surface area contributed by atoms with Gasteiger partial charge in [0.25, 0.3) is 0 Å². The zero-order valence-electron chi connectivity index (χ0n) is 14.6. The van der Waals surface area contributed by atoms with Crippen molar-refractivity contribution < 1.29 is 4.79 Å². The van der Waals surface area contributed by atoms with Gasteiger partial charge in [-0.1, -0.05) is 6.92 Å². The first-order valence-electron chi connectivity index (χ1n) is 9.31. The van der Waals surface area contributed by atoms with Crippen molar-refractivity contribution in [3.05, 3.63) is 0 Å². The average Bonchev–Trinajstić information content (AvgIpc) is 2.47. The van der Waals surface area contributed by atoms with E-state index in [1.165, 1.54) is 39.0 Å². The van der Waals surface area contributed by atoms with Crippen LogP contribution in [0.15, 0.2) is 0 Å². The molecule has 3 rings (SSSR count). The molecule has 2 heterocycles. The van der Waals surface area contributed by atoms with E-state index in [9.17, 15) is 4.79 Å². The van der Waals surface area contributed by atoms with Gasteiger partial charge in [0.2, 0.25) is 5.91 Å². The van der Waals surface area contributed by atoms with Crippen LogP contribution in [-0.4, -0.2) is 72.0 Å². The monoisotopic (exact) mass is 307 g/mol. The molecular weight excluding hydrogens is 274 g/mol. The van der Waals surface area contributed by atoms with Gasteiger partial charge in [0, 0.05) is 57.3 Å². The van der Waals surface area contributed by atoms with Gasteiger partial charge in [0.1, 0.15) is 0 Å². The maximum absolute atomic E-state index is 12.6. The van der Waals surface area contributed by atoms with Gasteiger partial charge in [-0.05, 0) is 45.4 Å². The Morgan fingerprint density at radius 1 is 0.955 bits per heavy atom. The summed E-state index contributed by atoms with van der Waals surface area (Å²) in [5, 5.41) is 0. The number of hydrogen-bond donors (Lipinski definition) is 0. The molecule has 3 fully saturated rings. The first-order chi connectivity index (χ1) is 10.5. The van der Waals surface area contributed by atoms with Gasteiger partial charge in [-0.3, -0.25) is 14.6 Å². The minimum atomic E-state index is 0.329. The second-order valence-corrected chi connectivity index (χ2v) is 8.02. The molecule has 0 spiro atoms. The zero-order valence-corrected chi connectivity index (χ0v) is 14.6. The molecule has 126 valence electrons. The molecule has 0 unspecified atom stereocenters. The van der Waals surface area contributed by atoms with Crippen LogP contribution in [0.4, 0.5) is 0 Å². The van der Waals surface area contributed by atoms with E-state index < -0.39 is 0 Å². The Hall–Kier alpha value is -0.610. The molecule has 1 aliphatic carbocycles. The Bertz CT molecular complexity index is 376. The van der Waals surface area contributed by atoms with Crippen molar-refractivity contribution in [3.8, 4) is 0 Å². The molecule has 0 aromatic carbocycles. The fourth-order valence-corrected chi connectivity index (χ4v) is 4.25. The lowest BCUT2D eigenvalue weighted by Gasteiger charge is -2.49. The number of amides is 1. The lowest BCUT2D eigenvalue weighted by Crippen LogP contribution is -2.65. The summed E-state index contributed by atoms with van der Waals surface area (Å²) < 4.78 is 0. The molecule has 3 aliphatic rings. The van der Waals surface area contributed by atoms with Crippen LogP contribution in [0.1, 0.15) is 46.5 Å². The highest BCUT2D eigenvalue weighted by Crippen LogP contribution is 2.31. The second-order valence-electron chi connectivity index (χ2n) is 8.02. The predicted molar refractivity (Wildman–Crippen MR) is 89.8 cm³/mol. The third-order valence-corrected chi connectivity index (χ3v) is 6.13. The minimum Gasteiger partial charge on any atom is -0.339 e. The molecular formula is C18H33N3O. The summed E-state index contributed by atoms with van der Waals surface area (Å²) in [6.45, 7) is 13.5. The lowest BCUT2D eigenvalue weighted by atomic mass is 9.82. The number of carbonyl (C=O) groups excluding carboxylic acids is 1. The predicted octanol–water partition coefficient (Wildman–Crippen LogP) is 2.05. The number of hydrogen-bond acceptors (Lipinski definition) is 3. The van der Waals surface area contributed by atoms with E-state index in [0.29, 0.717) is 23.9 Å². The zero-order chi connectivity index (χ0) is 15.7. The third-order valence-electron chi connectivity index (χ3n) is 6.13. The van der Waals surface area contributed by atoms with Crippen LogP contribution in [-0.2, 0) is 4.79 Å². The van der Waals surface area contributed by atoms with Crippen LogP contribution in [0.3, 0.4) is 0 Å². The summed E-state index contributed by atoms with van der Waals surface area (Å²) >= 11 is 0. The molecule has 0 N–H and O–H groups in total. The molecule has 2 saturated heterocycles. The van der Waals surface area contributed by atoms with Crippen LogP contribution < -0.4 is 0 Å². The summed E-state index contributed by atoms with van der Waals surface area (Å²) in [5.74, 6) is 1.60. The SMILES string of the molecule is CC1CCC(C(=O)N2CC(N3CCN(C(C)C)CC3)C2)CC1. The quantitative estimate of drug-likeness (QED) is 0.798. The summed E-state index contributed by atoms with van der Waals surface area (Å²) in [6, 6.07) is 1.29. The van der Waals surface area contributed by atoms with Gasteiger partial charge in [-0.25, -0.2) is 0 Å². The molecule has 4 heteroatoms. The smallest absolute Gasteiger partial charge is 0.225 e. The van der Waals surface area contributed by atoms with E-state index in [1.54, 1.807) is 0 Å². The fourth-order valence-electron chi connectivity index (χ4n) is 4.25. The Balaban J connectivity index is 1.40. The summed E-state index contributed by atoms with van der Waals surface area (Å²) in [5.41, 5.74) is 0. The molecule has 1 amide bonds. The van der Waals surface area contributed by atoms with E-state index in [0.717, 1.165) is 31.8 Å². The molecule has 22 heavy (non-hydrogen) atoms. The largest absolute Gasteiger partial charge is 0.339 e. The van der Waals surface area contributed by atoms with Crippen LogP contribution >= 0.6 is 0 Å². The molecule has 2 aliphatic heterocycles. The van der Waals surface area contributed by atoms with Crippen molar-refractivity contribution in [1.29, 1.82) is 0 Å². The Kier molecular flexibility index (Phi) is 5.08. The summed E-state index contributed by atoms with van der Waals surface area (Å²) in [7, 11) is 0. The van der Waals surface area contributed by atoms with Crippen molar-refractivity contribution in [2.45, 2.75) is 58.5 Å². The fraction of sp³-hybridized carbons (Fsp3) is 0.944. The van der Waals surface area contributed by atoms with Crippen molar-refractivity contribution in [3.63, 3.8) is 0 Å². The van der Waals surface area contributed by atoms with Gasteiger partial charge < -0.3 is 4.90 Å². The van der Waals surface area contributed by atoms with E-state index >= 15 is 0 Å². The topological polar surface area (TPSA) is 26.8 Å². The standard InChI is InChI=1S/C18H33N3O/c1-14(2)19-8-10-20(11-9-19)17-12-21(13-17)18(22)16-6-4-15(3)5-7-16/h14-17H,4-13H2,1-3H3. The Morgan fingerprint density at radius 2 is 1.55 bits per heavy atom. The first-order valence-corrected chi connectivity index (χ1v) is 9.31. The van der Waals surface area contributed by atoms with Crippen molar-refractivity contribution in [2.75, 3.05) is 39.3 Å². The second kappa shape index (κ2) is 6.88. The maximum atomic E-state index is 12.6. The van der Waals surface area contributed by atoms with Crippen LogP contribution in [0.5, 0.6) is 0 Å². The molecule has 4 nitrogen and oxygen atoms in total. The van der Waals surface area contributed by atoms with Gasteiger partial charge in [0.05, 0.1) is 0 Å². The number of nitrogens with zero attached hydrogens (tertiary/aromatic N) is 3. The average molecular weight is 307 g/mol. The maximum Gasteiger partial charge on any atom is 0.225 e. The summed E-state index contributed by atoms with van der Waals surface area (Å²) in [6.07, 6.45) is 4.72. The van der Waals surface area contributed by atoms with E-state index in [1.807, 2.05) is 0 Å². The lowest BCUT2D eigenvalue weighted by molar-refractivity contribution is -0.145. The van der Waals surface area contributed by atoms with Gasteiger partial charge in [0.15, 0.2) is 0 Å². The van der Waals surface area contributed by atoms with Crippen LogP contribution in [0.25, 0.3) is 0 Å². The third kappa shape index (κ3) is 3.48. The Labute approximate surface area is 135 Å². The molecule has 0 bridgehead atoms. The molecule has 1 saturated carbocycles. The molecule has 0 radical (unpaired) electrons. The number of likely N-dealkylation sites (tertiary alicyclic amines) is 1. The summed E-state index contributed by atoms with van der Waals surface area (Å²) in [4.78, 5) is 19.8. The van der Waals surface area contributed by atoms with Crippen molar-refractivity contribution in [1.82, 2.24) is 14.7 Å². The number of piperazine rings is 1. The van der Waals surface area contributed by atoms with Crippen LogP contribution in [0, 0.1) is 11.8 Å². The van der Waals surface area contributed by atoms with Gasteiger partial charge in [-0.15, -0.1) is 0 Å². The van der Waals surface area contributed by atoms with Crippen LogP contribution in [0.2, 0.25) is 0 Å². The highest BCUT2D eigenvalue weighted by atomic mass is 16.2. The molecule has 0 aromatic rings. The van der Waals surface area contributed by atoms with E-state index in [4.69, 9.17) is 0 Å². The van der Waals surface area contributed by atoms with Crippen molar-refractivity contribution >= 4 is 5.91 Å². The van der Waals surface area contributed by atoms with Crippen molar-refractivity contribution in [2.24, 2.45) is 11.8 Å². The first kappa shape index (κ1) is 16.3.